The molecule has 0 spiro atoms. The predicted octanol–water partition coefficient (Wildman–Crippen LogP) is 2.70. The summed E-state index contributed by atoms with van der Waals surface area (Å²) in [7, 11) is 0. The number of hydrogen-bond acceptors (Lipinski definition) is 2. The van der Waals surface area contributed by atoms with Crippen LogP contribution in [-0.4, -0.2) is 18.5 Å². The Balaban J connectivity index is 2.40. The normalized spacial score (nSPS) is 18.6. The molecule has 2 N–H and O–H groups in total. The van der Waals surface area contributed by atoms with Crippen molar-refractivity contribution in [1.29, 1.82) is 0 Å². The smallest absolute Gasteiger partial charge is 0.228 e. The van der Waals surface area contributed by atoms with Gasteiger partial charge in [-0.1, -0.05) is 31.5 Å². The number of rotatable bonds is 2. The lowest BCUT2D eigenvalue weighted by atomic mass is 9.87. The van der Waals surface area contributed by atoms with Gasteiger partial charge in [-0.15, -0.1) is 0 Å². The van der Waals surface area contributed by atoms with Crippen molar-refractivity contribution in [3.05, 3.63) is 28.8 Å². The van der Waals surface area contributed by atoms with Gasteiger partial charge in [0, 0.05) is 40.7 Å². The number of nitrogens with two attached hydrogens (primary N) is 1. The van der Waals surface area contributed by atoms with E-state index in [-0.39, 0.29) is 17.4 Å². The largest absolute Gasteiger partial charge is 0.327 e. The zero-order chi connectivity index (χ0) is 13.5. The van der Waals surface area contributed by atoms with Crippen molar-refractivity contribution in [3.8, 4) is 0 Å². The van der Waals surface area contributed by atoms with E-state index in [0.29, 0.717) is 13.0 Å². The van der Waals surface area contributed by atoms with Gasteiger partial charge in [0.2, 0.25) is 5.91 Å². The fraction of sp³-hybridized carbons (Fsp3) is 0.500. The van der Waals surface area contributed by atoms with Gasteiger partial charge < -0.3 is 10.6 Å². The van der Waals surface area contributed by atoms with Gasteiger partial charge in [0.1, 0.15) is 0 Å². The second kappa shape index (κ2) is 4.56. The van der Waals surface area contributed by atoms with Gasteiger partial charge in [-0.05, 0) is 19.1 Å². The Kier molecular flexibility index (Phi) is 3.39. The van der Waals surface area contributed by atoms with Crippen LogP contribution in [0.5, 0.6) is 0 Å². The molecular weight excluding hydrogens is 248 g/mol. The summed E-state index contributed by atoms with van der Waals surface area (Å²) in [5, 5.41) is 0.730. The van der Waals surface area contributed by atoms with Gasteiger partial charge in [0.05, 0.1) is 0 Å². The summed E-state index contributed by atoms with van der Waals surface area (Å²) in [6.07, 6.45) is 0.363. The van der Waals surface area contributed by atoms with Crippen molar-refractivity contribution >= 4 is 23.2 Å². The molecule has 4 heteroatoms. The van der Waals surface area contributed by atoms with E-state index in [2.05, 4.69) is 13.8 Å². The fourth-order valence-electron chi connectivity index (χ4n) is 2.58. The summed E-state index contributed by atoms with van der Waals surface area (Å²) in [5.41, 5.74) is 7.58. The summed E-state index contributed by atoms with van der Waals surface area (Å²) in [5.74, 6) is 0.0686. The highest BCUT2D eigenvalue weighted by atomic mass is 35.5. The molecule has 18 heavy (non-hydrogen) atoms. The summed E-state index contributed by atoms with van der Waals surface area (Å²) in [6.45, 7) is 6.73. The van der Waals surface area contributed by atoms with Crippen molar-refractivity contribution in [2.75, 3.05) is 11.4 Å². The highest BCUT2D eigenvalue weighted by Gasteiger charge is 2.39. The molecule has 0 radical (unpaired) electrons. The predicted molar refractivity (Wildman–Crippen MR) is 75.1 cm³/mol. The third kappa shape index (κ3) is 2.25. The second-order valence-electron chi connectivity index (χ2n) is 5.68. The summed E-state index contributed by atoms with van der Waals surface area (Å²) >= 11 is 6.27. The van der Waals surface area contributed by atoms with Crippen molar-refractivity contribution in [3.63, 3.8) is 0 Å². The lowest BCUT2D eigenvalue weighted by Gasteiger charge is -2.21. The molecule has 0 saturated carbocycles. The van der Waals surface area contributed by atoms with Crippen molar-refractivity contribution in [1.82, 2.24) is 0 Å². The van der Waals surface area contributed by atoms with Gasteiger partial charge in [0.25, 0.3) is 0 Å². The number of halogens is 1. The van der Waals surface area contributed by atoms with Crippen molar-refractivity contribution in [2.45, 2.75) is 38.6 Å². The average Bonchev–Trinajstić information content (AvgIpc) is 2.51. The van der Waals surface area contributed by atoms with Gasteiger partial charge in [0.15, 0.2) is 0 Å². The van der Waals surface area contributed by atoms with Gasteiger partial charge in [-0.3, -0.25) is 4.79 Å². The Bertz CT molecular complexity index is 483. The van der Waals surface area contributed by atoms with Crippen LogP contribution in [0, 0.1) is 0 Å². The number of anilines is 1. The summed E-state index contributed by atoms with van der Waals surface area (Å²) in [4.78, 5) is 14.0. The minimum atomic E-state index is -0.121. The molecule has 2 rings (SSSR count). The molecule has 0 bridgehead atoms. The molecule has 1 aliphatic rings. The number of amides is 1. The number of hydrogen-bond donors (Lipinski definition) is 1. The first kappa shape index (κ1) is 13.4. The Morgan fingerprint density at radius 1 is 1.56 bits per heavy atom. The Labute approximate surface area is 113 Å². The first-order valence-electron chi connectivity index (χ1n) is 6.18. The van der Waals surface area contributed by atoms with Crippen LogP contribution in [0.1, 0.15) is 32.8 Å². The zero-order valence-electron chi connectivity index (χ0n) is 11.0. The van der Waals surface area contributed by atoms with E-state index in [0.717, 1.165) is 16.3 Å². The number of benzene rings is 1. The molecule has 1 amide bonds. The minimum absolute atomic E-state index is 0.0686. The topological polar surface area (TPSA) is 46.3 Å². The maximum absolute atomic E-state index is 12.2. The summed E-state index contributed by atoms with van der Waals surface area (Å²) < 4.78 is 0. The molecule has 1 aromatic rings. The Morgan fingerprint density at radius 2 is 2.22 bits per heavy atom. The fourth-order valence-corrected chi connectivity index (χ4v) is 3.00. The Hall–Kier alpha value is -1.06. The molecule has 0 fully saturated rings. The number of fused-ring (bicyclic) bond motifs is 1. The molecular formula is C14H19ClN2O. The highest BCUT2D eigenvalue weighted by Crippen LogP contribution is 2.44. The number of carbonyl (C=O) groups excluding carboxylic acids is 1. The average molecular weight is 267 g/mol. The minimum Gasteiger partial charge on any atom is -0.327 e. The monoisotopic (exact) mass is 266 g/mol. The van der Waals surface area contributed by atoms with Crippen molar-refractivity contribution in [2.24, 2.45) is 5.73 Å². The van der Waals surface area contributed by atoms with E-state index < -0.39 is 0 Å². The maximum atomic E-state index is 12.2. The SMILES string of the molecule is CC(N)CC(=O)N1CC(C)(C)c2c(Cl)cccc21. The summed E-state index contributed by atoms with van der Waals surface area (Å²) in [6, 6.07) is 5.59. The third-order valence-electron chi connectivity index (χ3n) is 3.31. The quantitative estimate of drug-likeness (QED) is 0.895. The van der Waals surface area contributed by atoms with E-state index in [1.165, 1.54) is 0 Å². The van der Waals surface area contributed by atoms with Gasteiger partial charge in [-0.25, -0.2) is 0 Å². The van der Waals surface area contributed by atoms with Crippen LogP contribution < -0.4 is 10.6 Å². The van der Waals surface area contributed by atoms with Crippen LogP contribution in [-0.2, 0) is 10.2 Å². The van der Waals surface area contributed by atoms with Crippen LogP contribution >= 0.6 is 11.6 Å². The van der Waals surface area contributed by atoms with Crippen LogP contribution in [0.4, 0.5) is 5.69 Å². The molecule has 0 aliphatic carbocycles. The second-order valence-corrected chi connectivity index (χ2v) is 6.09. The van der Waals surface area contributed by atoms with E-state index in [4.69, 9.17) is 17.3 Å². The zero-order valence-corrected chi connectivity index (χ0v) is 11.8. The molecule has 1 unspecified atom stereocenters. The molecule has 1 heterocycles. The molecule has 98 valence electrons. The van der Waals surface area contributed by atoms with Gasteiger partial charge in [-0.2, -0.15) is 0 Å². The third-order valence-corrected chi connectivity index (χ3v) is 3.63. The Morgan fingerprint density at radius 3 is 2.83 bits per heavy atom. The molecule has 0 aromatic heterocycles. The first-order chi connectivity index (χ1) is 8.33. The van der Waals surface area contributed by atoms with Crippen LogP contribution in [0.2, 0.25) is 5.02 Å². The molecule has 1 aromatic carbocycles. The van der Waals surface area contributed by atoms with Gasteiger partial charge >= 0.3 is 0 Å². The lowest BCUT2D eigenvalue weighted by Crippen LogP contribution is -2.36. The molecule has 1 atom stereocenters. The lowest BCUT2D eigenvalue weighted by molar-refractivity contribution is -0.118. The van der Waals surface area contributed by atoms with E-state index in [9.17, 15) is 4.79 Å². The molecule has 0 saturated heterocycles. The molecule has 1 aliphatic heterocycles. The first-order valence-corrected chi connectivity index (χ1v) is 6.55. The van der Waals surface area contributed by atoms with E-state index in [1.807, 2.05) is 30.0 Å². The van der Waals surface area contributed by atoms with Crippen LogP contribution in [0.25, 0.3) is 0 Å². The van der Waals surface area contributed by atoms with E-state index in [1.54, 1.807) is 0 Å². The van der Waals surface area contributed by atoms with Crippen LogP contribution in [0.3, 0.4) is 0 Å². The highest BCUT2D eigenvalue weighted by molar-refractivity contribution is 6.32. The van der Waals surface area contributed by atoms with Crippen LogP contribution in [0.15, 0.2) is 18.2 Å². The maximum Gasteiger partial charge on any atom is 0.228 e. The number of nitrogens with zero attached hydrogens (tertiary/aromatic N) is 1. The molecule has 3 nitrogen and oxygen atoms in total. The van der Waals surface area contributed by atoms with Crippen molar-refractivity contribution < 1.29 is 4.79 Å². The number of carbonyl (C=O) groups is 1. The standard InChI is InChI=1S/C14H19ClN2O/c1-9(16)7-12(18)17-8-14(2,3)13-10(15)5-4-6-11(13)17/h4-6,9H,7-8,16H2,1-3H3. The van der Waals surface area contributed by atoms with E-state index >= 15 is 0 Å².